The molecule has 0 spiro atoms. The number of nitrogens with zero attached hydrogens (tertiary/aromatic N) is 3. The van der Waals surface area contributed by atoms with Crippen LogP contribution in [0, 0.1) is 0 Å². The van der Waals surface area contributed by atoms with E-state index in [1.54, 1.807) is 4.90 Å². The topological polar surface area (TPSA) is 103 Å². The van der Waals surface area contributed by atoms with E-state index in [4.69, 9.17) is 9.47 Å². The zero-order valence-corrected chi connectivity index (χ0v) is 22.2. The van der Waals surface area contributed by atoms with Crippen LogP contribution >= 0.6 is 0 Å². The highest BCUT2D eigenvalue weighted by molar-refractivity contribution is 5.95. The first-order valence-electron chi connectivity index (χ1n) is 13.4. The number of H-pyrrole nitrogens is 1. The second kappa shape index (κ2) is 12.0. The van der Waals surface area contributed by atoms with Crippen molar-refractivity contribution in [1.29, 1.82) is 0 Å². The third-order valence-corrected chi connectivity index (χ3v) is 7.29. The van der Waals surface area contributed by atoms with Gasteiger partial charge in [0, 0.05) is 76.0 Å². The normalized spacial score (nSPS) is 18.2. The van der Waals surface area contributed by atoms with Gasteiger partial charge in [0.15, 0.2) is 0 Å². The van der Waals surface area contributed by atoms with Crippen LogP contribution in [0.25, 0.3) is 28.2 Å². The number of carbonyl (C=O) groups excluding carboxylic acids is 1. The molecule has 1 atom stereocenters. The van der Waals surface area contributed by atoms with E-state index < -0.39 is 6.10 Å². The maximum Gasteiger partial charge on any atom is 0.251 e. The van der Waals surface area contributed by atoms with E-state index in [1.165, 1.54) is 6.92 Å². The molecule has 2 fully saturated rings. The van der Waals surface area contributed by atoms with Crippen LogP contribution in [0.15, 0.2) is 42.7 Å². The monoisotopic (exact) mass is 519 g/mol. The third-order valence-electron chi connectivity index (χ3n) is 7.29. The van der Waals surface area contributed by atoms with Crippen molar-refractivity contribution >= 4 is 28.7 Å². The number of piperidine rings is 1. The number of amides is 1. The van der Waals surface area contributed by atoms with Gasteiger partial charge in [-0.25, -0.2) is 4.98 Å². The molecule has 9 nitrogen and oxygen atoms in total. The molecule has 2 aliphatic rings. The number of carbonyl (C=O) groups is 1. The lowest BCUT2D eigenvalue weighted by Crippen LogP contribution is -2.45. The van der Waals surface area contributed by atoms with Gasteiger partial charge in [-0.3, -0.25) is 9.69 Å². The third kappa shape index (κ3) is 6.01. The molecule has 0 saturated carbocycles. The van der Waals surface area contributed by atoms with Gasteiger partial charge in [-0.2, -0.15) is 0 Å². The van der Waals surface area contributed by atoms with Crippen molar-refractivity contribution < 1.29 is 19.4 Å². The van der Waals surface area contributed by atoms with E-state index in [-0.39, 0.29) is 12.0 Å². The molecular formula is C29H37N5O4. The van der Waals surface area contributed by atoms with Gasteiger partial charge < -0.3 is 29.8 Å². The van der Waals surface area contributed by atoms with E-state index in [9.17, 15) is 9.90 Å². The summed E-state index contributed by atoms with van der Waals surface area (Å²) in [4.78, 5) is 24.1. The summed E-state index contributed by atoms with van der Waals surface area (Å²) in [5.41, 5.74) is 5.00. The minimum atomic E-state index is -0.960. The number of rotatable bonds is 8. The van der Waals surface area contributed by atoms with Crippen molar-refractivity contribution in [3.8, 4) is 16.9 Å². The summed E-state index contributed by atoms with van der Waals surface area (Å²) < 4.78 is 11.8. The van der Waals surface area contributed by atoms with E-state index in [0.29, 0.717) is 13.1 Å². The first kappa shape index (κ1) is 26.2. The smallest absolute Gasteiger partial charge is 0.251 e. The molecule has 2 saturated heterocycles. The van der Waals surface area contributed by atoms with Crippen LogP contribution in [0.2, 0.25) is 0 Å². The molecule has 4 heterocycles. The van der Waals surface area contributed by atoms with Crippen molar-refractivity contribution in [2.75, 3.05) is 58.3 Å². The minimum absolute atomic E-state index is 0.0232. The first-order chi connectivity index (χ1) is 18.5. The number of morpholine rings is 1. The number of hydrogen-bond acceptors (Lipinski definition) is 7. The van der Waals surface area contributed by atoms with Crippen molar-refractivity contribution in [3.05, 3.63) is 48.3 Å². The number of anilines is 1. The Morgan fingerprint density at radius 3 is 2.79 bits per heavy atom. The largest absolute Gasteiger partial charge is 0.488 e. The average molecular weight is 520 g/mol. The fourth-order valence-electron chi connectivity index (χ4n) is 5.10. The molecule has 2 aliphatic heterocycles. The highest BCUT2D eigenvalue weighted by atomic mass is 16.5. The number of benzene rings is 1. The number of pyridine rings is 1. The number of aromatic nitrogens is 2. The molecule has 1 amide bonds. The lowest BCUT2D eigenvalue weighted by atomic mass is 10.0. The van der Waals surface area contributed by atoms with Crippen LogP contribution in [0.1, 0.15) is 25.3 Å². The standard InChI is InChI=1S/C29H37N5O4/c1-20(35)29(36)34-10-7-23(8-11-34)38-27-6-5-22(17-26(27)30-2)25-19-32-28-24(25)16-21(18-31-28)4-3-9-33-12-14-37-15-13-33/h3-6,16-20,23,30,35H,7-15H2,1-2H3,(H,31,32)/b4-3+/t20-/m0/s1. The van der Waals surface area contributed by atoms with Crippen LogP contribution in [-0.4, -0.2) is 96.0 Å². The van der Waals surface area contributed by atoms with Crippen LogP contribution in [0.3, 0.4) is 0 Å². The summed E-state index contributed by atoms with van der Waals surface area (Å²) in [6.07, 6.45) is 8.76. The fraction of sp³-hybridized carbons (Fsp3) is 0.448. The fourth-order valence-corrected chi connectivity index (χ4v) is 5.10. The second-order valence-electron chi connectivity index (χ2n) is 9.96. The number of aromatic amines is 1. The van der Waals surface area contributed by atoms with E-state index >= 15 is 0 Å². The zero-order chi connectivity index (χ0) is 26.5. The first-order valence-corrected chi connectivity index (χ1v) is 13.4. The summed E-state index contributed by atoms with van der Waals surface area (Å²) in [6, 6.07) is 8.36. The Hall–Kier alpha value is -3.40. The zero-order valence-electron chi connectivity index (χ0n) is 22.2. The van der Waals surface area contributed by atoms with Crippen molar-refractivity contribution in [1.82, 2.24) is 19.8 Å². The lowest BCUT2D eigenvalue weighted by molar-refractivity contribution is -0.141. The highest BCUT2D eigenvalue weighted by Gasteiger charge is 2.26. The number of aliphatic hydroxyl groups excluding tert-OH is 1. The Morgan fingerprint density at radius 1 is 1.26 bits per heavy atom. The van der Waals surface area contributed by atoms with Gasteiger partial charge in [0.2, 0.25) is 0 Å². The predicted molar refractivity (Wildman–Crippen MR) is 149 cm³/mol. The maximum atomic E-state index is 12.1. The number of aliphatic hydroxyl groups is 1. The van der Waals surface area contributed by atoms with Gasteiger partial charge >= 0.3 is 0 Å². The van der Waals surface area contributed by atoms with Crippen molar-refractivity contribution in [3.63, 3.8) is 0 Å². The maximum absolute atomic E-state index is 12.1. The molecule has 9 heteroatoms. The predicted octanol–water partition coefficient (Wildman–Crippen LogP) is 3.37. The molecule has 38 heavy (non-hydrogen) atoms. The van der Waals surface area contributed by atoms with Crippen LogP contribution < -0.4 is 10.1 Å². The molecule has 2 aromatic heterocycles. The summed E-state index contributed by atoms with van der Waals surface area (Å²) in [5.74, 6) is 0.578. The van der Waals surface area contributed by atoms with E-state index in [2.05, 4.69) is 50.5 Å². The van der Waals surface area contributed by atoms with Gasteiger partial charge in [0.25, 0.3) is 5.91 Å². The number of likely N-dealkylation sites (tertiary alicyclic amines) is 1. The Balaban J connectivity index is 1.28. The molecule has 3 aromatic rings. The van der Waals surface area contributed by atoms with Gasteiger partial charge in [-0.1, -0.05) is 18.2 Å². The Labute approximate surface area is 223 Å². The molecule has 0 radical (unpaired) electrons. The Morgan fingerprint density at radius 2 is 2.05 bits per heavy atom. The van der Waals surface area contributed by atoms with Gasteiger partial charge in [-0.15, -0.1) is 0 Å². The molecule has 202 valence electrons. The highest BCUT2D eigenvalue weighted by Crippen LogP contribution is 2.35. The lowest BCUT2D eigenvalue weighted by Gasteiger charge is -2.33. The summed E-state index contributed by atoms with van der Waals surface area (Å²) in [6.45, 7) is 7.15. The van der Waals surface area contributed by atoms with Crippen LogP contribution in [-0.2, 0) is 9.53 Å². The number of ether oxygens (including phenoxy) is 2. The van der Waals surface area contributed by atoms with Crippen LogP contribution in [0.4, 0.5) is 5.69 Å². The van der Waals surface area contributed by atoms with Crippen molar-refractivity contribution in [2.45, 2.75) is 32.0 Å². The minimum Gasteiger partial charge on any atom is -0.488 e. The van der Waals surface area contributed by atoms with Gasteiger partial charge in [0.05, 0.1) is 18.9 Å². The van der Waals surface area contributed by atoms with E-state index in [1.807, 2.05) is 25.5 Å². The number of hydrogen-bond donors (Lipinski definition) is 3. The van der Waals surface area contributed by atoms with Gasteiger partial charge in [-0.05, 0) is 36.2 Å². The number of nitrogens with one attached hydrogen (secondary N) is 2. The van der Waals surface area contributed by atoms with E-state index in [0.717, 1.165) is 84.9 Å². The van der Waals surface area contributed by atoms with Crippen molar-refractivity contribution in [2.24, 2.45) is 0 Å². The SMILES string of the molecule is CNc1cc(-c2c[nH]c3ncc(/C=C/CN4CCOCC4)cc23)ccc1OC1CCN(C(=O)[C@H](C)O)CC1. The average Bonchev–Trinajstić information content (AvgIpc) is 3.37. The molecule has 3 N–H and O–H groups in total. The Bertz CT molecular complexity index is 1270. The molecular weight excluding hydrogens is 482 g/mol. The summed E-state index contributed by atoms with van der Waals surface area (Å²) in [7, 11) is 1.89. The quantitative estimate of drug-likeness (QED) is 0.419. The molecule has 5 rings (SSSR count). The summed E-state index contributed by atoms with van der Waals surface area (Å²) in [5, 5.41) is 13.9. The molecule has 0 bridgehead atoms. The molecule has 0 aliphatic carbocycles. The van der Waals surface area contributed by atoms with Gasteiger partial charge in [0.1, 0.15) is 23.6 Å². The Kier molecular flexibility index (Phi) is 8.26. The number of fused-ring (bicyclic) bond motifs is 1. The summed E-state index contributed by atoms with van der Waals surface area (Å²) >= 11 is 0. The van der Waals surface area contributed by atoms with Crippen LogP contribution in [0.5, 0.6) is 5.75 Å². The molecule has 1 aromatic carbocycles. The molecule has 0 unspecified atom stereocenters. The second-order valence-corrected chi connectivity index (χ2v) is 9.96.